The van der Waals surface area contributed by atoms with Crippen molar-refractivity contribution in [1.82, 2.24) is 4.90 Å². The van der Waals surface area contributed by atoms with E-state index < -0.39 is 5.79 Å². The number of piperidine rings is 1. The van der Waals surface area contributed by atoms with Crippen molar-refractivity contribution in [3.63, 3.8) is 0 Å². The molecule has 27 heavy (non-hydrogen) atoms. The predicted molar refractivity (Wildman–Crippen MR) is 101 cm³/mol. The lowest BCUT2D eigenvalue weighted by molar-refractivity contribution is -0.261. The number of nitrogens with zero attached hydrogens (tertiary/aromatic N) is 1. The summed E-state index contributed by atoms with van der Waals surface area (Å²) in [6.07, 6.45) is 7.51. The molecule has 4 fully saturated rings. The minimum absolute atomic E-state index is 0.0342. The van der Waals surface area contributed by atoms with Gasteiger partial charge in [-0.25, -0.2) is 0 Å². The third-order valence-electron chi connectivity index (χ3n) is 8.62. The minimum Gasteiger partial charge on any atom is -0.483 e. The number of fused-ring (bicyclic) bond motifs is 1. The van der Waals surface area contributed by atoms with E-state index in [4.69, 9.17) is 14.2 Å². The van der Waals surface area contributed by atoms with Crippen LogP contribution in [0, 0.1) is 18.8 Å². The van der Waals surface area contributed by atoms with Crippen LogP contribution in [0.25, 0.3) is 0 Å². The Balaban J connectivity index is 1.41. The number of aryl methyl sites for hydroxylation is 1. The van der Waals surface area contributed by atoms with Gasteiger partial charge >= 0.3 is 0 Å². The van der Waals surface area contributed by atoms with Crippen LogP contribution in [0.2, 0.25) is 0 Å². The van der Waals surface area contributed by atoms with Crippen molar-refractivity contribution < 1.29 is 14.2 Å². The Labute approximate surface area is 161 Å². The highest BCUT2D eigenvalue weighted by atomic mass is 16.8. The molecular formula is C23H29NO3. The van der Waals surface area contributed by atoms with E-state index in [9.17, 15) is 0 Å². The summed E-state index contributed by atoms with van der Waals surface area (Å²) in [4.78, 5) is 2.85. The first-order chi connectivity index (χ1) is 13.2. The van der Waals surface area contributed by atoms with Crippen molar-refractivity contribution in [2.45, 2.75) is 68.8 Å². The maximum Gasteiger partial charge on any atom is 0.206 e. The molecule has 1 unspecified atom stereocenters. The van der Waals surface area contributed by atoms with Crippen LogP contribution < -0.4 is 4.74 Å². The molecule has 2 saturated carbocycles. The van der Waals surface area contributed by atoms with Crippen LogP contribution in [0.1, 0.15) is 48.8 Å². The molecule has 0 radical (unpaired) electrons. The smallest absolute Gasteiger partial charge is 0.206 e. The summed E-state index contributed by atoms with van der Waals surface area (Å²) in [5.41, 5.74) is 4.46. The zero-order chi connectivity index (χ0) is 17.8. The lowest BCUT2D eigenvalue weighted by Crippen LogP contribution is -2.70. The first-order valence-electron chi connectivity index (χ1n) is 11.0. The fourth-order valence-corrected chi connectivity index (χ4v) is 7.37. The second-order valence-corrected chi connectivity index (χ2v) is 9.90. The first kappa shape index (κ1) is 15.8. The van der Waals surface area contributed by atoms with Gasteiger partial charge in [0.15, 0.2) is 6.10 Å². The fraction of sp³-hybridized carbons (Fsp3) is 0.739. The van der Waals surface area contributed by atoms with Crippen LogP contribution in [-0.4, -0.2) is 49.1 Å². The van der Waals surface area contributed by atoms with Gasteiger partial charge in [-0.05, 0) is 68.5 Å². The normalized spacial score (nSPS) is 40.9. The van der Waals surface area contributed by atoms with Crippen molar-refractivity contribution in [2.24, 2.45) is 11.8 Å². The van der Waals surface area contributed by atoms with E-state index in [0.29, 0.717) is 25.2 Å². The van der Waals surface area contributed by atoms with Crippen LogP contribution >= 0.6 is 0 Å². The number of ether oxygens (including phenoxy) is 3. The van der Waals surface area contributed by atoms with Crippen molar-refractivity contribution in [3.05, 3.63) is 28.8 Å². The topological polar surface area (TPSA) is 30.9 Å². The molecule has 3 aliphatic carbocycles. The van der Waals surface area contributed by atoms with Gasteiger partial charge in [0.1, 0.15) is 5.75 Å². The summed E-state index contributed by atoms with van der Waals surface area (Å²) < 4.78 is 19.4. The molecule has 4 heteroatoms. The number of benzene rings is 1. The molecule has 6 aliphatic rings. The lowest BCUT2D eigenvalue weighted by Gasteiger charge is -2.61. The number of rotatable bonds is 2. The van der Waals surface area contributed by atoms with Gasteiger partial charge in [-0.2, -0.15) is 0 Å². The molecule has 1 aromatic rings. The Morgan fingerprint density at radius 3 is 2.78 bits per heavy atom. The van der Waals surface area contributed by atoms with Gasteiger partial charge in [-0.1, -0.05) is 12.1 Å². The van der Waals surface area contributed by atoms with Crippen LogP contribution in [0.4, 0.5) is 0 Å². The van der Waals surface area contributed by atoms with Crippen LogP contribution in [0.15, 0.2) is 12.1 Å². The monoisotopic (exact) mass is 367 g/mol. The number of likely N-dealkylation sites (tertiary alicyclic amines) is 1. The standard InChI is InChI=1S/C23H29NO3/c1-14-2-5-16-12-18-17-6-7-23(25-10-11-26-23)21-22(17,19(16)20(14)27-21)8-9-24(18)13-15-3-4-15/h2,5,15,17-18,21H,3-4,6-13H2,1H3/t17-,18?,21+,22-/m1/s1. The molecule has 0 N–H and O–H groups in total. The van der Waals surface area contributed by atoms with E-state index >= 15 is 0 Å². The summed E-state index contributed by atoms with van der Waals surface area (Å²) in [5, 5.41) is 0. The maximum absolute atomic E-state index is 6.81. The molecule has 4 nitrogen and oxygen atoms in total. The van der Waals surface area contributed by atoms with Gasteiger partial charge in [0.05, 0.1) is 13.2 Å². The lowest BCUT2D eigenvalue weighted by atomic mass is 9.50. The summed E-state index contributed by atoms with van der Waals surface area (Å²) in [7, 11) is 0. The van der Waals surface area contributed by atoms with Crippen LogP contribution in [0.5, 0.6) is 5.75 Å². The zero-order valence-corrected chi connectivity index (χ0v) is 16.2. The zero-order valence-electron chi connectivity index (χ0n) is 16.2. The molecule has 3 aliphatic heterocycles. The van der Waals surface area contributed by atoms with Gasteiger partial charge in [-0.15, -0.1) is 0 Å². The molecule has 0 amide bonds. The molecule has 2 bridgehead atoms. The van der Waals surface area contributed by atoms with E-state index in [1.165, 1.54) is 61.9 Å². The number of hydrogen-bond donors (Lipinski definition) is 0. The highest BCUT2D eigenvalue weighted by Crippen LogP contribution is 2.65. The molecule has 2 spiro atoms. The Bertz CT molecular complexity index is 812. The van der Waals surface area contributed by atoms with Crippen molar-refractivity contribution in [1.29, 1.82) is 0 Å². The van der Waals surface area contributed by atoms with E-state index in [1.54, 1.807) is 0 Å². The fourth-order valence-electron chi connectivity index (χ4n) is 7.37. The molecular weight excluding hydrogens is 338 g/mol. The largest absolute Gasteiger partial charge is 0.483 e. The van der Waals surface area contributed by atoms with Crippen molar-refractivity contribution in [3.8, 4) is 5.75 Å². The summed E-state index contributed by atoms with van der Waals surface area (Å²) in [5.74, 6) is 2.29. The third-order valence-corrected chi connectivity index (χ3v) is 8.62. The molecule has 2 saturated heterocycles. The Kier molecular flexibility index (Phi) is 2.97. The van der Waals surface area contributed by atoms with E-state index in [1.807, 2.05) is 0 Å². The van der Waals surface area contributed by atoms with E-state index in [0.717, 1.165) is 18.1 Å². The molecule has 4 atom stereocenters. The average molecular weight is 367 g/mol. The maximum atomic E-state index is 6.81. The van der Waals surface area contributed by atoms with Crippen molar-refractivity contribution in [2.75, 3.05) is 26.3 Å². The van der Waals surface area contributed by atoms with Gasteiger partial charge < -0.3 is 14.2 Å². The van der Waals surface area contributed by atoms with Crippen LogP contribution in [0.3, 0.4) is 0 Å². The molecule has 144 valence electrons. The van der Waals surface area contributed by atoms with Crippen LogP contribution in [-0.2, 0) is 21.3 Å². The van der Waals surface area contributed by atoms with Gasteiger partial charge in [0, 0.05) is 30.0 Å². The van der Waals surface area contributed by atoms with Gasteiger partial charge in [0.25, 0.3) is 0 Å². The second-order valence-electron chi connectivity index (χ2n) is 9.90. The summed E-state index contributed by atoms with van der Waals surface area (Å²) >= 11 is 0. The Morgan fingerprint density at radius 2 is 1.96 bits per heavy atom. The van der Waals surface area contributed by atoms with Crippen molar-refractivity contribution >= 4 is 0 Å². The molecule has 3 heterocycles. The summed E-state index contributed by atoms with van der Waals surface area (Å²) in [6, 6.07) is 5.33. The first-order valence-corrected chi connectivity index (χ1v) is 11.0. The second kappa shape index (κ2) is 5.08. The Morgan fingerprint density at radius 1 is 1.11 bits per heavy atom. The van der Waals surface area contributed by atoms with E-state index in [2.05, 4.69) is 24.0 Å². The summed E-state index contributed by atoms with van der Waals surface area (Å²) in [6.45, 7) is 6.14. The highest BCUT2D eigenvalue weighted by Gasteiger charge is 2.71. The molecule has 1 aromatic carbocycles. The highest BCUT2D eigenvalue weighted by molar-refractivity contribution is 5.58. The predicted octanol–water partition coefficient (Wildman–Crippen LogP) is 3.19. The Hall–Kier alpha value is -1.10. The molecule has 7 rings (SSSR count). The number of hydrogen-bond acceptors (Lipinski definition) is 4. The SMILES string of the molecule is Cc1ccc2c3c1O[C@@H]1C4(CC[C@@H]5C(C2)N(CC2CC2)CC[C@]351)OCCO4. The average Bonchev–Trinajstić information content (AvgIpc) is 3.24. The van der Waals surface area contributed by atoms with Gasteiger partial charge in [-0.3, -0.25) is 4.90 Å². The third kappa shape index (κ3) is 1.86. The van der Waals surface area contributed by atoms with Gasteiger partial charge in [0.2, 0.25) is 5.79 Å². The molecule has 0 aromatic heterocycles. The quantitative estimate of drug-likeness (QED) is 0.803. The van der Waals surface area contributed by atoms with E-state index in [-0.39, 0.29) is 11.5 Å². The minimum atomic E-state index is -0.514.